The van der Waals surface area contributed by atoms with Crippen molar-refractivity contribution in [2.45, 2.75) is 18.7 Å². The molecule has 0 atom stereocenters. The second-order valence-corrected chi connectivity index (χ2v) is 5.58. The molecule has 0 aliphatic carbocycles. The third-order valence-corrected chi connectivity index (χ3v) is 3.84. The van der Waals surface area contributed by atoms with Crippen LogP contribution in [-0.4, -0.2) is 27.5 Å². The molecule has 0 aromatic heterocycles. The lowest BCUT2D eigenvalue weighted by Crippen LogP contribution is -2.36. The number of hydrogen-bond acceptors (Lipinski definition) is 4. The molecule has 0 spiro atoms. The minimum atomic E-state index is -3.54. The number of rotatable bonds is 3. The Morgan fingerprint density at radius 2 is 1.81 bits per heavy atom. The van der Waals surface area contributed by atoms with Crippen LogP contribution in [0, 0.1) is 13.8 Å². The van der Waals surface area contributed by atoms with Crippen molar-refractivity contribution in [3.8, 4) is 0 Å². The molecule has 0 heterocycles. The number of hydrogen-bond donors (Lipinski definition) is 2. The third-order valence-electron chi connectivity index (χ3n) is 2.23. The Morgan fingerprint density at radius 1 is 1.25 bits per heavy atom. The summed E-state index contributed by atoms with van der Waals surface area (Å²) in [6.45, 7) is 3.60. The molecule has 0 saturated carbocycles. The van der Waals surface area contributed by atoms with E-state index in [9.17, 15) is 8.42 Å². The number of anilines is 1. The van der Waals surface area contributed by atoms with Crippen LogP contribution in [0.15, 0.2) is 17.0 Å². The highest BCUT2D eigenvalue weighted by molar-refractivity contribution is 7.89. The Labute approximate surface area is 96.3 Å². The number of nitrogens with zero attached hydrogens (tertiary/aromatic N) is 1. The highest BCUT2D eigenvalue weighted by atomic mass is 32.2. The van der Waals surface area contributed by atoms with Crippen LogP contribution in [0.3, 0.4) is 0 Å². The number of hydrazine groups is 1. The van der Waals surface area contributed by atoms with Crippen molar-refractivity contribution in [1.29, 1.82) is 0 Å². The van der Waals surface area contributed by atoms with Crippen molar-refractivity contribution in [1.82, 2.24) is 9.84 Å². The van der Waals surface area contributed by atoms with E-state index in [1.54, 1.807) is 27.1 Å². The summed E-state index contributed by atoms with van der Waals surface area (Å²) in [4.78, 5) is 2.60. The Morgan fingerprint density at radius 3 is 2.31 bits per heavy atom. The summed E-state index contributed by atoms with van der Waals surface area (Å²) in [5.74, 6) is 0. The average molecular weight is 243 g/mol. The van der Waals surface area contributed by atoms with Crippen molar-refractivity contribution in [2.75, 3.05) is 19.8 Å². The van der Waals surface area contributed by atoms with Crippen molar-refractivity contribution in [2.24, 2.45) is 0 Å². The molecule has 0 aliphatic rings. The molecule has 1 aromatic carbocycles. The molecule has 16 heavy (non-hydrogen) atoms. The van der Waals surface area contributed by atoms with Crippen LogP contribution in [0.5, 0.6) is 0 Å². The normalized spacial score (nSPS) is 12.1. The van der Waals surface area contributed by atoms with E-state index < -0.39 is 10.0 Å². The van der Waals surface area contributed by atoms with Gasteiger partial charge < -0.3 is 5.73 Å². The molecular formula is C10H17N3O2S. The van der Waals surface area contributed by atoms with Gasteiger partial charge in [-0.2, -0.15) is 0 Å². The van der Waals surface area contributed by atoms with Gasteiger partial charge in [-0.3, -0.25) is 0 Å². The second-order valence-electron chi connectivity index (χ2n) is 3.95. The molecule has 0 fully saturated rings. The molecule has 5 nitrogen and oxygen atoms in total. The molecule has 1 rings (SSSR count). The Balaban J connectivity index is 3.33. The van der Waals surface area contributed by atoms with Gasteiger partial charge in [0.05, 0.1) is 4.90 Å². The minimum absolute atomic E-state index is 0.221. The first-order valence-electron chi connectivity index (χ1n) is 4.80. The van der Waals surface area contributed by atoms with Gasteiger partial charge in [0.25, 0.3) is 10.0 Å². The van der Waals surface area contributed by atoms with Crippen molar-refractivity contribution in [3.63, 3.8) is 0 Å². The van der Waals surface area contributed by atoms with Crippen LogP contribution in [0.1, 0.15) is 11.1 Å². The van der Waals surface area contributed by atoms with Gasteiger partial charge in [0, 0.05) is 19.8 Å². The molecule has 0 unspecified atom stereocenters. The molecule has 0 aliphatic heterocycles. The van der Waals surface area contributed by atoms with E-state index in [1.807, 2.05) is 6.92 Å². The molecule has 1 aromatic rings. The van der Waals surface area contributed by atoms with Gasteiger partial charge in [-0.15, -0.1) is 4.83 Å². The van der Waals surface area contributed by atoms with E-state index >= 15 is 0 Å². The Hall–Kier alpha value is -1.11. The summed E-state index contributed by atoms with van der Waals surface area (Å²) in [5.41, 5.74) is 7.67. The topological polar surface area (TPSA) is 75.4 Å². The van der Waals surface area contributed by atoms with Crippen molar-refractivity contribution < 1.29 is 8.42 Å². The minimum Gasteiger partial charge on any atom is -0.399 e. The van der Waals surface area contributed by atoms with Gasteiger partial charge in [-0.1, -0.05) is 0 Å². The van der Waals surface area contributed by atoms with Crippen LogP contribution in [0.25, 0.3) is 0 Å². The average Bonchev–Trinajstić information content (AvgIpc) is 2.08. The largest absolute Gasteiger partial charge is 0.399 e. The summed E-state index contributed by atoms with van der Waals surface area (Å²) in [5, 5.41) is 1.38. The standard InChI is InChI=1S/C10H17N3O2S/c1-7-5-9(11)6-10(8(7)2)16(14,15)12-13(3)4/h5-6,12H,11H2,1-4H3. The summed E-state index contributed by atoms with van der Waals surface area (Å²) in [7, 11) is -0.305. The van der Waals surface area contributed by atoms with E-state index in [2.05, 4.69) is 4.83 Å². The van der Waals surface area contributed by atoms with E-state index in [0.29, 0.717) is 11.3 Å². The summed E-state index contributed by atoms with van der Waals surface area (Å²) < 4.78 is 23.9. The van der Waals surface area contributed by atoms with Crippen LogP contribution in [-0.2, 0) is 10.0 Å². The Bertz CT molecular complexity index is 495. The lowest BCUT2D eigenvalue weighted by atomic mass is 10.1. The lowest BCUT2D eigenvalue weighted by molar-refractivity contribution is 0.364. The van der Waals surface area contributed by atoms with Crippen molar-refractivity contribution >= 4 is 15.7 Å². The van der Waals surface area contributed by atoms with Gasteiger partial charge in [0.15, 0.2) is 0 Å². The predicted octanol–water partition coefficient (Wildman–Crippen LogP) is 0.641. The third kappa shape index (κ3) is 2.72. The molecule has 6 heteroatoms. The lowest BCUT2D eigenvalue weighted by Gasteiger charge is -2.15. The fraction of sp³-hybridized carbons (Fsp3) is 0.400. The number of aryl methyl sites for hydroxylation is 1. The molecule has 0 bridgehead atoms. The monoisotopic (exact) mass is 243 g/mol. The highest BCUT2D eigenvalue weighted by Gasteiger charge is 2.18. The van der Waals surface area contributed by atoms with E-state index in [0.717, 1.165) is 5.56 Å². The molecular weight excluding hydrogens is 226 g/mol. The number of nitrogens with one attached hydrogen (secondary N) is 1. The summed E-state index contributed by atoms with van der Waals surface area (Å²) >= 11 is 0. The zero-order valence-corrected chi connectivity index (χ0v) is 10.7. The smallest absolute Gasteiger partial charge is 0.253 e. The van der Waals surface area contributed by atoms with Gasteiger partial charge in [-0.05, 0) is 37.1 Å². The quantitative estimate of drug-likeness (QED) is 0.603. The number of sulfonamides is 1. The van der Waals surface area contributed by atoms with Gasteiger partial charge in [-0.25, -0.2) is 13.4 Å². The van der Waals surface area contributed by atoms with Gasteiger partial charge >= 0.3 is 0 Å². The summed E-state index contributed by atoms with van der Waals surface area (Å²) in [6.07, 6.45) is 0. The van der Waals surface area contributed by atoms with Gasteiger partial charge in [0.1, 0.15) is 0 Å². The maximum Gasteiger partial charge on any atom is 0.253 e. The zero-order chi connectivity index (χ0) is 12.5. The molecule has 3 N–H and O–H groups in total. The second kappa shape index (κ2) is 4.40. The SMILES string of the molecule is Cc1cc(N)cc(S(=O)(=O)NN(C)C)c1C. The van der Waals surface area contributed by atoms with E-state index in [1.165, 1.54) is 11.1 Å². The van der Waals surface area contributed by atoms with Gasteiger partial charge in [0.2, 0.25) is 0 Å². The highest BCUT2D eigenvalue weighted by Crippen LogP contribution is 2.22. The van der Waals surface area contributed by atoms with E-state index in [-0.39, 0.29) is 4.90 Å². The van der Waals surface area contributed by atoms with E-state index in [4.69, 9.17) is 5.73 Å². The Kier molecular flexibility index (Phi) is 3.57. The van der Waals surface area contributed by atoms with Crippen molar-refractivity contribution in [3.05, 3.63) is 23.3 Å². The first kappa shape index (κ1) is 13.0. The predicted molar refractivity (Wildman–Crippen MR) is 64.3 cm³/mol. The number of benzene rings is 1. The first-order valence-corrected chi connectivity index (χ1v) is 6.29. The van der Waals surface area contributed by atoms with Crippen LogP contribution >= 0.6 is 0 Å². The first-order chi connectivity index (χ1) is 7.24. The number of nitrogens with two attached hydrogens (primary N) is 1. The summed E-state index contributed by atoms with van der Waals surface area (Å²) in [6, 6.07) is 3.22. The molecule has 0 saturated heterocycles. The fourth-order valence-electron chi connectivity index (χ4n) is 1.42. The maximum atomic E-state index is 12.0. The maximum absolute atomic E-state index is 12.0. The van der Waals surface area contributed by atoms with Crippen LogP contribution in [0.2, 0.25) is 0 Å². The molecule has 0 amide bonds. The number of nitrogen functional groups attached to an aromatic ring is 1. The zero-order valence-electron chi connectivity index (χ0n) is 9.90. The van der Waals surface area contributed by atoms with Crippen LogP contribution < -0.4 is 10.6 Å². The molecule has 90 valence electrons. The molecule has 0 radical (unpaired) electrons. The van der Waals surface area contributed by atoms with Crippen LogP contribution in [0.4, 0.5) is 5.69 Å². The fourth-order valence-corrected chi connectivity index (χ4v) is 2.86.